The Morgan fingerprint density at radius 2 is 1.39 bits per heavy atom. The Bertz CT molecular complexity index is 1400. The number of piperidine rings is 2. The van der Waals surface area contributed by atoms with Crippen molar-refractivity contribution in [1.29, 1.82) is 0 Å². The van der Waals surface area contributed by atoms with Crippen molar-refractivity contribution < 1.29 is 48.5 Å². The van der Waals surface area contributed by atoms with Gasteiger partial charge >= 0.3 is 18.2 Å². The number of nitrogens with one attached hydrogen (secondary N) is 3. The molecular weight excluding hydrogens is 698 g/mol. The van der Waals surface area contributed by atoms with Crippen molar-refractivity contribution in [1.82, 2.24) is 25.8 Å². The van der Waals surface area contributed by atoms with Gasteiger partial charge in [0.2, 0.25) is 17.7 Å². The Morgan fingerprint density at radius 3 is 1.91 bits per heavy atom. The second kappa shape index (κ2) is 20.9. The fraction of sp³-hybridized carbons (Fsp3) is 0.692. The molecule has 2 heterocycles. The first-order chi connectivity index (χ1) is 25.4. The van der Waals surface area contributed by atoms with Crippen molar-refractivity contribution in [2.24, 2.45) is 17.8 Å². The standard InChI is InChI=1S/C39H61N5O10/c1-38(2,3)54-37(52)44-21-17-28(18-22-44)12-14-30(13-11-27-15-19-43(20-16-27)36(50)51)34(48)40-24-32(46)41-31(35(49)42-39(4,5)26-45)23-33(47)53-25-29-9-7-6-8-10-29/h6-10,27-28,30-31,45H,11-26H2,1-5H3,(H,40,48)(H,41,46)(H,42,49)(H,50,51)/t30?,31-/m0/s1. The van der Waals surface area contributed by atoms with Crippen LogP contribution < -0.4 is 16.0 Å². The van der Waals surface area contributed by atoms with E-state index in [2.05, 4.69) is 16.0 Å². The van der Waals surface area contributed by atoms with Crippen LogP contribution in [-0.2, 0) is 35.3 Å². The van der Waals surface area contributed by atoms with Crippen LogP contribution in [0.15, 0.2) is 30.3 Å². The van der Waals surface area contributed by atoms with Crippen molar-refractivity contribution in [3.05, 3.63) is 35.9 Å². The molecule has 302 valence electrons. The lowest BCUT2D eigenvalue weighted by Crippen LogP contribution is -2.56. The number of carboxylic acid groups (broad SMARTS) is 1. The smallest absolute Gasteiger partial charge is 0.410 e. The Balaban J connectivity index is 1.59. The van der Waals surface area contributed by atoms with Crippen LogP contribution in [0, 0.1) is 17.8 Å². The number of benzene rings is 1. The van der Waals surface area contributed by atoms with E-state index in [4.69, 9.17) is 9.47 Å². The largest absolute Gasteiger partial charge is 0.465 e. The second-order valence-electron chi connectivity index (χ2n) is 16.2. The second-order valence-corrected chi connectivity index (χ2v) is 16.2. The Hall–Kier alpha value is -4.40. The van der Waals surface area contributed by atoms with Crippen molar-refractivity contribution in [2.45, 2.75) is 116 Å². The van der Waals surface area contributed by atoms with Crippen LogP contribution in [0.25, 0.3) is 0 Å². The number of carbonyl (C=O) groups is 6. The van der Waals surface area contributed by atoms with E-state index in [1.165, 1.54) is 4.90 Å². The first-order valence-electron chi connectivity index (χ1n) is 19.1. The van der Waals surface area contributed by atoms with Crippen LogP contribution in [0.2, 0.25) is 0 Å². The zero-order valence-corrected chi connectivity index (χ0v) is 32.6. The third-order valence-electron chi connectivity index (χ3n) is 9.91. The summed E-state index contributed by atoms with van der Waals surface area (Å²) >= 11 is 0. The minimum Gasteiger partial charge on any atom is -0.465 e. The molecule has 3 rings (SSSR count). The van der Waals surface area contributed by atoms with Crippen LogP contribution in [0.4, 0.5) is 9.59 Å². The summed E-state index contributed by atoms with van der Waals surface area (Å²) in [6.45, 7) is 9.94. The molecule has 1 unspecified atom stereocenters. The summed E-state index contributed by atoms with van der Waals surface area (Å²) in [6, 6.07) is 7.70. The van der Waals surface area contributed by atoms with Gasteiger partial charge < -0.3 is 45.4 Å². The van der Waals surface area contributed by atoms with E-state index in [1.807, 2.05) is 26.8 Å². The molecule has 54 heavy (non-hydrogen) atoms. The summed E-state index contributed by atoms with van der Waals surface area (Å²) in [5.74, 6) is -2.19. The van der Waals surface area contributed by atoms with E-state index >= 15 is 0 Å². The molecule has 0 bridgehead atoms. The fourth-order valence-electron chi connectivity index (χ4n) is 6.61. The lowest BCUT2D eigenvalue weighted by atomic mass is 9.84. The van der Waals surface area contributed by atoms with Crippen LogP contribution in [-0.4, -0.2) is 112 Å². The van der Waals surface area contributed by atoms with E-state index in [0.717, 1.165) is 44.1 Å². The number of amides is 5. The summed E-state index contributed by atoms with van der Waals surface area (Å²) in [7, 11) is 0. The van der Waals surface area contributed by atoms with Crippen molar-refractivity contribution in [3.63, 3.8) is 0 Å². The van der Waals surface area contributed by atoms with Crippen LogP contribution in [0.5, 0.6) is 0 Å². The normalized spacial score (nSPS) is 16.9. The van der Waals surface area contributed by atoms with Gasteiger partial charge in [-0.15, -0.1) is 0 Å². The van der Waals surface area contributed by atoms with Gasteiger partial charge in [-0.1, -0.05) is 30.3 Å². The first kappa shape index (κ1) is 44.0. The van der Waals surface area contributed by atoms with Gasteiger partial charge in [0.25, 0.3) is 0 Å². The molecule has 2 aliphatic heterocycles. The molecule has 0 radical (unpaired) electrons. The number of hydrogen-bond donors (Lipinski definition) is 5. The topological polar surface area (TPSA) is 204 Å². The lowest BCUT2D eigenvalue weighted by Gasteiger charge is -2.34. The highest BCUT2D eigenvalue weighted by atomic mass is 16.6. The monoisotopic (exact) mass is 759 g/mol. The molecular formula is C39H61N5O10. The van der Waals surface area contributed by atoms with Crippen molar-refractivity contribution >= 4 is 35.9 Å². The maximum atomic E-state index is 13.6. The van der Waals surface area contributed by atoms with Gasteiger partial charge in [0.1, 0.15) is 18.2 Å². The summed E-state index contributed by atoms with van der Waals surface area (Å²) in [6.07, 6.45) is 3.93. The minimum absolute atomic E-state index is 0.0108. The number of hydrogen-bond acceptors (Lipinski definition) is 9. The molecule has 2 aliphatic rings. The third-order valence-corrected chi connectivity index (χ3v) is 9.91. The molecule has 2 saturated heterocycles. The molecule has 2 atom stereocenters. The SMILES string of the molecule is CC(C)(CO)NC(=O)[C@H](CC(=O)OCc1ccccc1)NC(=O)CNC(=O)C(CCC1CCN(C(=O)O)CC1)CCC1CCN(C(=O)OC(C)(C)C)CC1. The first-order valence-corrected chi connectivity index (χ1v) is 19.1. The average Bonchev–Trinajstić information content (AvgIpc) is 3.12. The maximum Gasteiger partial charge on any atom is 0.410 e. The Labute approximate surface area is 318 Å². The van der Waals surface area contributed by atoms with Gasteiger partial charge in [-0.25, -0.2) is 9.59 Å². The molecule has 2 fully saturated rings. The number of nitrogens with zero attached hydrogens (tertiary/aromatic N) is 2. The van der Waals surface area contributed by atoms with Gasteiger partial charge in [0, 0.05) is 32.1 Å². The van der Waals surface area contributed by atoms with Gasteiger partial charge in [-0.2, -0.15) is 0 Å². The number of aliphatic hydroxyl groups is 1. The summed E-state index contributed by atoms with van der Waals surface area (Å²) in [5, 5.41) is 26.9. The van der Waals surface area contributed by atoms with Gasteiger partial charge in [-0.05, 0) is 103 Å². The number of likely N-dealkylation sites (tertiary alicyclic amines) is 2. The quantitative estimate of drug-likeness (QED) is 0.145. The molecule has 0 saturated carbocycles. The molecule has 5 N–H and O–H groups in total. The van der Waals surface area contributed by atoms with Crippen LogP contribution >= 0.6 is 0 Å². The molecule has 1 aromatic rings. The summed E-state index contributed by atoms with van der Waals surface area (Å²) < 4.78 is 10.9. The molecule has 15 nitrogen and oxygen atoms in total. The van der Waals surface area contributed by atoms with E-state index in [0.29, 0.717) is 44.9 Å². The van der Waals surface area contributed by atoms with E-state index < -0.39 is 59.9 Å². The molecule has 1 aromatic carbocycles. The Kier molecular flexibility index (Phi) is 17.0. The van der Waals surface area contributed by atoms with Crippen molar-refractivity contribution in [3.8, 4) is 0 Å². The zero-order valence-electron chi connectivity index (χ0n) is 32.6. The number of esters is 1. The number of rotatable bonds is 17. The minimum atomic E-state index is -1.32. The highest BCUT2D eigenvalue weighted by Crippen LogP contribution is 2.29. The van der Waals surface area contributed by atoms with Gasteiger partial charge in [0.15, 0.2) is 0 Å². The molecule has 5 amide bonds. The third kappa shape index (κ3) is 15.9. The predicted molar refractivity (Wildman–Crippen MR) is 200 cm³/mol. The van der Waals surface area contributed by atoms with Gasteiger partial charge in [-0.3, -0.25) is 19.2 Å². The maximum absolute atomic E-state index is 13.6. The highest BCUT2D eigenvalue weighted by molar-refractivity contribution is 5.93. The summed E-state index contributed by atoms with van der Waals surface area (Å²) in [5.41, 5.74) is -0.841. The number of aliphatic hydroxyl groups excluding tert-OH is 1. The average molecular weight is 760 g/mol. The summed E-state index contributed by atoms with van der Waals surface area (Å²) in [4.78, 5) is 79.7. The Morgan fingerprint density at radius 1 is 0.833 bits per heavy atom. The van der Waals surface area contributed by atoms with Gasteiger partial charge in [0.05, 0.1) is 25.1 Å². The van der Waals surface area contributed by atoms with Crippen LogP contribution in [0.3, 0.4) is 0 Å². The van der Waals surface area contributed by atoms with E-state index in [-0.39, 0.29) is 31.1 Å². The lowest BCUT2D eigenvalue weighted by molar-refractivity contribution is -0.147. The van der Waals surface area contributed by atoms with Crippen LogP contribution in [0.1, 0.15) is 98.0 Å². The van der Waals surface area contributed by atoms with Crippen molar-refractivity contribution in [2.75, 3.05) is 39.3 Å². The molecule has 0 aromatic heterocycles. The molecule has 15 heteroatoms. The highest BCUT2D eigenvalue weighted by Gasteiger charge is 2.32. The fourth-order valence-corrected chi connectivity index (χ4v) is 6.61. The number of carbonyl (C=O) groups excluding carboxylic acids is 5. The molecule has 0 aliphatic carbocycles. The van der Waals surface area contributed by atoms with E-state index in [1.54, 1.807) is 43.0 Å². The molecule has 0 spiro atoms. The predicted octanol–water partition coefficient (Wildman–Crippen LogP) is 3.82. The van der Waals surface area contributed by atoms with E-state index in [9.17, 15) is 39.0 Å². The zero-order chi connectivity index (χ0) is 39.9. The number of ether oxygens (including phenoxy) is 2.